The van der Waals surface area contributed by atoms with Crippen molar-refractivity contribution in [2.45, 2.75) is 58.4 Å². The van der Waals surface area contributed by atoms with Gasteiger partial charge in [-0.3, -0.25) is 9.97 Å². The first-order valence-corrected chi connectivity index (χ1v) is 7.94. The Morgan fingerprint density at radius 3 is 2.35 bits per heavy atom. The zero-order valence-electron chi connectivity index (χ0n) is 12.6. The third-order valence-corrected chi connectivity index (χ3v) is 6.23. The minimum atomic E-state index is 0.0539. The molecule has 4 aliphatic rings. The summed E-state index contributed by atoms with van der Waals surface area (Å²) in [6.45, 7) is 4.99. The molecule has 1 aromatic heterocycles. The van der Waals surface area contributed by atoms with E-state index in [1.54, 1.807) is 12.4 Å². The van der Waals surface area contributed by atoms with Crippen molar-refractivity contribution in [2.24, 2.45) is 27.9 Å². The van der Waals surface area contributed by atoms with E-state index in [-0.39, 0.29) is 11.5 Å². The van der Waals surface area contributed by atoms with Crippen LogP contribution in [-0.2, 0) is 0 Å². The first-order chi connectivity index (χ1) is 9.42. The van der Waals surface area contributed by atoms with Crippen molar-refractivity contribution >= 4 is 0 Å². The van der Waals surface area contributed by atoms with Crippen LogP contribution in [0.4, 0.5) is 0 Å². The third-order valence-electron chi connectivity index (χ3n) is 6.23. The largest absolute Gasteiger partial charge is 0.322 e. The molecule has 3 atom stereocenters. The fourth-order valence-electron chi connectivity index (χ4n) is 6.67. The molecule has 0 amide bonds. The number of nitrogens with zero attached hydrogens (tertiary/aromatic N) is 2. The quantitative estimate of drug-likeness (QED) is 0.896. The minimum Gasteiger partial charge on any atom is -0.322 e. The topological polar surface area (TPSA) is 51.8 Å². The Morgan fingerprint density at radius 2 is 1.80 bits per heavy atom. The molecular formula is C17H25N3. The molecule has 3 heteroatoms. The van der Waals surface area contributed by atoms with E-state index < -0.39 is 0 Å². The molecule has 5 rings (SSSR count). The summed E-state index contributed by atoms with van der Waals surface area (Å²) in [5, 5.41) is 0. The van der Waals surface area contributed by atoms with Crippen molar-refractivity contribution in [1.82, 2.24) is 9.97 Å². The van der Waals surface area contributed by atoms with Gasteiger partial charge < -0.3 is 5.73 Å². The molecule has 3 unspecified atom stereocenters. The molecule has 108 valence electrons. The summed E-state index contributed by atoms with van der Waals surface area (Å²) in [5.74, 6) is 0.879. The van der Waals surface area contributed by atoms with Crippen LogP contribution in [0.2, 0.25) is 0 Å². The number of hydrogen-bond acceptors (Lipinski definition) is 3. The normalized spacial score (nSPS) is 47.5. The summed E-state index contributed by atoms with van der Waals surface area (Å²) in [6.07, 6.45) is 13.5. The molecule has 2 N–H and O–H groups in total. The lowest BCUT2D eigenvalue weighted by molar-refractivity contribution is -0.155. The van der Waals surface area contributed by atoms with Gasteiger partial charge in [0.2, 0.25) is 0 Å². The van der Waals surface area contributed by atoms with Crippen molar-refractivity contribution < 1.29 is 0 Å². The van der Waals surface area contributed by atoms with E-state index in [0.717, 1.165) is 11.6 Å². The van der Waals surface area contributed by atoms with Crippen LogP contribution in [-0.4, -0.2) is 9.97 Å². The Balaban J connectivity index is 1.74. The van der Waals surface area contributed by atoms with Crippen LogP contribution < -0.4 is 5.73 Å². The molecule has 3 nitrogen and oxygen atoms in total. The van der Waals surface area contributed by atoms with Crippen LogP contribution in [0.3, 0.4) is 0 Å². The standard InChI is InChI=1S/C17H25N3/c1-15-5-12-6-16(2,9-15)11-17(7-12,10-15)14(18)13-8-19-3-4-20-13/h3-4,8,12,14H,5-7,9-11,18H2,1-2H3. The van der Waals surface area contributed by atoms with E-state index in [9.17, 15) is 0 Å². The Morgan fingerprint density at radius 1 is 1.10 bits per heavy atom. The smallest absolute Gasteiger partial charge is 0.0759 e. The second-order valence-corrected chi connectivity index (χ2v) is 8.60. The molecule has 1 heterocycles. The first kappa shape index (κ1) is 12.8. The summed E-state index contributed by atoms with van der Waals surface area (Å²) in [5.41, 5.74) is 8.98. The van der Waals surface area contributed by atoms with Gasteiger partial charge >= 0.3 is 0 Å². The Labute approximate surface area is 121 Å². The minimum absolute atomic E-state index is 0.0539. The highest BCUT2D eigenvalue weighted by Crippen LogP contribution is 2.71. The van der Waals surface area contributed by atoms with Crippen LogP contribution in [0, 0.1) is 22.2 Å². The van der Waals surface area contributed by atoms with Crippen molar-refractivity contribution in [3.8, 4) is 0 Å². The van der Waals surface area contributed by atoms with E-state index in [1.807, 2.05) is 6.20 Å². The van der Waals surface area contributed by atoms with Gasteiger partial charge in [-0.1, -0.05) is 13.8 Å². The molecule has 4 saturated carbocycles. The van der Waals surface area contributed by atoms with Crippen LogP contribution in [0.5, 0.6) is 0 Å². The highest BCUT2D eigenvalue weighted by molar-refractivity contribution is 5.17. The highest BCUT2D eigenvalue weighted by atomic mass is 14.9. The van der Waals surface area contributed by atoms with Crippen LogP contribution in [0.1, 0.15) is 64.1 Å². The molecule has 0 aliphatic heterocycles. The third kappa shape index (κ3) is 1.75. The average Bonchev–Trinajstić information content (AvgIpc) is 2.34. The second kappa shape index (κ2) is 3.82. The van der Waals surface area contributed by atoms with E-state index in [0.29, 0.717) is 10.8 Å². The van der Waals surface area contributed by atoms with Gasteiger partial charge in [0.1, 0.15) is 0 Å². The Hall–Kier alpha value is -0.960. The predicted molar refractivity (Wildman–Crippen MR) is 78.8 cm³/mol. The number of rotatable bonds is 2. The monoisotopic (exact) mass is 271 g/mol. The second-order valence-electron chi connectivity index (χ2n) is 8.60. The van der Waals surface area contributed by atoms with E-state index in [2.05, 4.69) is 23.8 Å². The highest BCUT2D eigenvalue weighted by Gasteiger charge is 2.62. The average molecular weight is 271 g/mol. The summed E-state index contributed by atoms with van der Waals surface area (Å²) in [6, 6.07) is 0.0539. The number of hydrogen-bond donors (Lipinski definition) is 1. The predicted octanol–water partition coefficient (Wildman–Crippen LogP) is 3.47. The van der Waals surface area contributed by atoms with Crippen LogP contribution >= 0.6 is 0 Å². The van der Waals surface area contributed by atoms with E-state index in [4.69, 9.17) is 5.73 Å². The van der Waals surface area contributed by atoms with Gasteiger partial charge in [-0.15, -0.1) is 0 Å². The van der Waals surface area contributed by atoms with Gasteiger partial charge in [0.25, 0.3) is 0 Å². The van der Waals surface area contributed by atoms with E-state index in [1.165, 1.54) is 38.5 Å². The zero-order valence-corrected chi connectivity index (χ0v) is 12.6. The lowest BCUT2D eigenvalue weighted by Crippen LogP contribution is -2.58. The molecule has 4 bridgehead atoms. The van der Waals surface area contributed by atoms with Crippen molar-refractivity contribution in [3.63, 3.8) is 0 Å². The number of aromatic nitrogens is 2. The summed E-state index contributed by atoms with van der Waals surface area (Å²) in [4.78, 5) is 8.72. The summed E-state index contributed by atoms with van der Waals surface area (Å²) < 4.78 is 0. The fourth-order valence-corrected chi connectivity index (χ4v) is 6.67. The van der Waals surface area contributed by atoms with Gasteiger partial charge in [0.15, 0.2) is 0 Å². The molecule has 0 spiro atoms. The van der Waals surface area contributed by atoms with Gasteiger partial charge in [0, 0.05) is 18.6 Å². The Bertz CT molecular complexity index is 508. The number of nitrogens with two attached hydrogens (primary N) is 1. The maximum Gasteiger partial charge on any atom is 0.0759 e. The molecule has 0 radical (unpaired) electrons. The molecule has 20 heavy (non-hydrogen) atoms. The van der Waals surface area contributed by atoms with Gasteiger partial charge in [-0.05, 0) is 60.7 Å². The lowest BCUT2D eigenvalue weighted by Gasteiger charge is -2.66. The molecule has 1 aromatic rings. The van der Waals surface area contributed by atoms with Crippen molar-refractivity contribution in [2.75, 3.05) is 0 Å². The maximum atomic E-state index is 6.71. The molecule has 0 aromatic carbocycles. The van der Waals surface area contributed by atoms with E-state index >= 15 is 0 Å². The lowest BCUT2D eigenvalue weighted by atomic mass is 9.39. The molecule has 4 fully saturated rings. The maximum absolute atomic E-state index is 6.71. The van der Waals surface area contributed by atoms with Crippen molar-refractivity contribution in [3.05, 3.63) is 24.3 Å². The van der Waals surface area contributed by atoms with Crippen LogP contribution in [0.15, 0.2) is 18.6 Å². The fraction of sp³-hybridized carbons (Fsp3) is 0.765. The Kier molecular flexibility index (Phi) is 2.44. The van der Waals surface area contributed by atoms with Crippen LogP contribution in [0.25, 0.3) is 0 Å². The molecule has 0 saturated heterocycles. The SMILES string of the molecule is CC12CC3CC(C)(C1)CC(C(N)c1cnccn1)(C3)C2. The van der Waals surface area contributed by atoms with Gasteiger partial charge in [-0.25, -0.2) is 0 Å². The van der Waals surface area contributed by atoms with Crippen molar-refractivity contribution in [1.29, 1.82) is 0 Å². The van der Waals surface area contributed by atoms with Gasteiger partial charge in [0.05, 0.1) is 11.7 Å². The molecular weight excluding hydrogens is 246 g/mol. The van der Waals surface area contributed by atoms with Gasteiger partial charge in [-0.2, -0.15) is 0 Å². The summed E-state index contributed by atoms with van der Waals surface area (Å²) >= 11 is 0. The summed E-state index contributed by atoms with van der Waals surface area (Å²) in [7, 11) is 0. The zero-order chi connectivity index (χ0) is 14.0. The molecule has 4 aliphatic carbocycles. The first-order valence-electron chi connectivity index (χ1n) is 7.94.